The number of allylic oxidation sites excluding steroid dienone is 8. The Morgan fingerprint density at radius 1 is 0.307 bits per heavy atom. The highest BCUT2D eigenvalue weighted by Crippen LogP contribution is 2.55. The molecule has 16 bridgehead atoms. The number of unbranched alkanes of at least 4 members (excludes halogenated alkanes) is 1. The van der Waals surface area contributed by atoms with Crippen LogP contribution >= 0.6 is 0 Å². The lowest BCUT2D eigenvalue weighted by atomic mass is 9.91. The molecule has 0 saturated carbocycles. The van der Waals surface area contributed by atoms with E-state index in [2.05, 4.69) is 38.7 Å². The van der Waals surface area contributed by atoms with Crippen LogP contribution in [0.1, 0.15) is 261 Å². The van der Waals surface area contributed by atoms with E-state index >= 15 is 52.7 Å². The molecule has 140 heavy (non-hydrogen) atoms. The van der Waals surface area contributed by atoms with Crippen LogP contribution in [0, 0.1) is 33.6 Å². The number of fused-ring (bicyclic) bond motifs is 16. The first-order valence-corrected chi connectivity index (χ1v) is 48.8. The van der Waals surface area contributed by atoms with Crippen LogP contribution in [0.25, 0.3) is 155 Å². The van der Waals surface area contributed by atoms with Gasteiger partial charge >= 0.3 is 24.7 Å². The first kappa shape index (κ1) is 98.1. The summed E-state index contributed by atoms with van der Waals surface area (Å²) in [4.78, 5) is 39.3. The number of aromatic amines is 4. The second-order valence-electron chi connectivity index (χ2n) is 36.9. The molecule has 0 radical (unpaired) electrons. The van der Waals surface area contributed by atoms with Gasteiger partial charge in [-0.25, -0.2) is 19.9 Å². The number of nitrogens with one attached hydrogen (secondary N) is 4. The van der Waals surface area contributed by atoms with E-state index in [1.165, 1.54) is 48.5 Å². The number of anilines is 3. The third kappa shape index (κ3) is 17.3. The Kier molecular flexibility index (Phi) is 27.1. The SMILES string of the molecule is CCCCC(CC)COc1ccc(N(c2ccc(-c3c4nc(c(-c5ccccc5C(F)(F)F)c5[nH]c(cc6nc(c(-c7ccccc7C(F)(F)F)c7[nH]c3c(CC)c7C)C(C)=C6CC)c(CC)c5C)C(C)=C4CC)cc2)c2ccc(-c3c4nc(c(-c5ccccc5C(F)(F)F)c5[nH]c(cc6nc(c(-c7ccccc7C(F)(F)F)c7[nH]c3c(CC)c7C)C(C)=C6CC)c(CC)c5C)C(C)=C4CC)cc2)cc1. The Bertz CT molecular complexity index is 7100. The Morgan fingerprint density at radius 2 is 0.600 bits per heavy atom. The van der Waals surface area contributed by atoms with Gasteiger partial charge in [0.05, 0.1) is 108 Å². The highest BCUT2D eigenvalue weighted by molar-refractivity contribution is 6.11. The fourth-order valence-electron chi connectivity index (χ4n) is 22.0. The second-order valence-corrected chi connectivity index (χ2v) is 36.9. The number of H-pyrrole nitrogens is 4. The van der Waals surface area contributed by atoms with Gasteiger partial charge in [0.15, 0.2) is 0 Å². The molecule has 1 atom stereocenters. The summed E-state index contributed by atoms with van der Waals surface area (Å²) < 4.78 is 200. The summed E-state index contributed by atoms with van der Waals surface area (Å²) in [6, 6.07) is 49.5. The predicted molar refractivity (Wildman–Crippen MR) is 549 cm³/mol. The van der Waals surface area contributed by atoms with Crippen LogP contribution in [0.4, 0.5) is 69.7 Å². The number of aryl methyl sites for hydroxylation is 8. The number of alkyl halides is 12. The molecule has 4 aliphatic heterocycles. The van der Waals surface area contributed by atoms with Gasteiger partial charge in [-0.05, 0) is 326 Å². The fraction of sp³-hybridized carbons (Fsp3) is 0.305. The fourth-order valence-corrected chi connectivity index (χ4v) is 22.0. The molecule has 0 fully saturated rings. The molecule has 10 heterocycles. The summed E-state index contributed by atoms with van der Waals surface area (Å²) in [6.45, 7) is 35.7. The van der Waals surface area contributed by atoms with Crippen molar-refractivity contribution < 1.29 is 57.4 Å². The first-order chi connectivity index (χ1) is 66.9. The van der Waals surface area contributed by atoms with Crippen LogP contribution in [0.5, 0.6) is 5.75 Å². The van der Waals surface area contributed by atoms with E-state index < -0.39 is 47.0 Å². The monoisotopic (exact) mass is 1900 g/mol. The second kappa shape index (κ2) is 38.6. The van der Waals surface area contributed by atoms with E-state index in [1.807, 2.05) is 196 Å². The number of rotatable bonds is 24. The normalized spacial score (nSPS) is 13.6. The smallest absolute Gasteiger partial charge is 0.417 e. The minimum atomic E-state index is -4.83. The molecule has 6 aromatic heterocycles. The average molecular weight is 1900 g/mol. The van der Waals surface area contributed by atoms with Crippen LogP contribution < -0.4 is 9.64 Å². The summed E-state index contributed by atoms with van der Waals surface area (Å²) in [5, 5.41) is 0. The zero-order valence-electron chi connectivity index (χ0n) is 82.3. The standard InChI is InChI=1S/C118H115F12N9O/c1-19-29-38-70(20-2)61-140-76-57-55-75(56-58-76)139(73-51-47-71(48-52-73)97-111-81(25-7)66(15)107(135-111)99(85-39-30-34-43-89(85)115(119,120)121)103-62(11)77(21-3)93(131-103)59-94-78(22-4)63(12)104(132-94)100(108-67(16)82(26-8)112(97)136-108)86-40-31-35-44-90(86)116(122,123)124)74-53-49-72(50-54-74)98-113-83(27-9)68(17)109(137-113)101(87-41-32-36-45-91(87)117(125,126)127)105-64(13)79(23-5)95(133-105)60-96-80(24-6)65(14)106(134-96)102(110-69(18)84(28-10)114(98)138-110)88-42-33-37-46-92(88)118(128,129)130/h30-37,39-60,70,131,133,136,138H,19-29,38,61H2,1-18H3. The summed E-state index contributed by atoms with van der Waals surface area (Å²) in [5.41, 5.74) is 19.1. The lowest BCUT2D eigenvalue weighted by Crippen LogP contribution is -2.12. The number of benzene rings is 7. The van der Waals surface area contributed by atoms with Crippen molar-refractivity contribution >= 4 is 106 Å². The van der Waals surface area contributed by atoms with Crippen molar-refractivity contribution in [2.24, 2.45) is 5.92 Å². The van der Waals surface area contributed by atoms with Crippen molar-refractivity contribution in [3.05, 3.63) is 294 Å². The Labute approximate surface area is 809 Å². The lowest BCUT2D eigenvalue weighted by Gasteiger charge is -2.26. The Morgan fingerprint density at radius 3 is 0.900 bits per heavy atom. The van der Waals surface area contributed by atoms with Crippen LogP contribution in [-0.2, 0) is 50.4 Å². The maximum Gasteiger partial charge on any atom is 0.417 e. The van der Waals surface area contributed by atoms with Gasteiger partial charge in [-0.2, -0.15) is 52.7 Å². The molecule has 0 spiro atoms. The lowest BCUT2D eigenvalue weighted by molar-refractivity contribution is -0.137. The summed E-state index contributed by atoms with van der Waals surface area (Å²) in [6.07, 6.45) is -12.3. The van der Waals surface area contributed by atoms with Crippen LogP contribution in [0.3, 0.4) is 0 Å². The van der Waals surface area contributed by atoms with E-state index in [9.17, 15) is 0 Å². The molecule has 0 saturated heterocycles. The molecule has 17 rings (SSSR count). The van der Waals surface area contributed by atoms with Gasteiger partial charge in [0.25, 0.3) is 0 Å². The van der Waals surface area contributed by atoms with Crippen molar-refractivity contribution in [2.45, 2.75) is 226 Å². The zero-order valence-corrected chi connectivity index (χ0v) is 82.3. The average Bonchev–Trinajstić information content (AvgIpc) is 1.57. The van der Waals surface area contributed by atoms with Crippen molar-refractivity contribution in [2.75, 3.05) is 11.5 Å². The van der Waals surface area contributed by atoms with Crippen LogP contribution in [-0.4, -0.2) is 46.5 Å². The predicted octanol–water partition coefficient (Wildman–Crippen LogP) is 35.9. The zero-order chi connectivity index (χ0) is 99.9. The third-order valence-corrected chi connectivity index (χ3v) is 29.2. The molecule has 10 nitrogen and oxygen atoms in total. The molecule has 4 aliphatic rings. The van der Waals surface area contributed by atoms with E-state index in [4.69, 9.17) is 24.7 Å². The third-order valence-electron chi connectivity index (χ3n) is 29.2. The molecular formula is C118H115F12N9O. The van der Waals surface area contributed by atoms with E-state index in [0.717, 1.165) is 83.3 Å². The Balaban J connectivity index is 0.980. The molecule has 13 aromatic rings. The molecule has 7 aromatic carbocycles. The highest BCUT2D eigenvalue weighted by atomic mass is 19.4. The number of nitrogens with zero attached hydrogens (tertiary/aromatic N) is 5. The van der Waals surface area contributed by atoms with Crippen LogP contribution in [0.15, 0.2) is 182 Å². The maximum absolute atomic E-state index is 16.1. The van der Waals surface area contributed by atoms with Gasteiger partial charge in [0.2, 0.25) is 0 Å². The molecule has 4 N–H and O–H groups in total. The van der Waals surface area contributed by atoms with Gasteiger partial charge in [-0.15, -0.1) is 0 Å². The molecule has 22 heteroatoms. The van der Waals surface area contributed by atoms with Gasteiger partial charge in [-0.3, -0.25) is 0 Å². The molecule has 1 unspecified atom stereocenters. The molecule has 0 amide bonds. The summed E-state index contributed by atoms with van der Waals surface area (Å²) in [5.74, 6) is 0.948. The number of hydrogen-bond donors (Lipinski definition) is 4. The van der Waals surface area contributed by atoms with Crippen LogP contribution in [0.2, 0.25) is 0 Å². The quantitative estimate of drug-likeness (QED) is 0.0446. The van der Waals surface area contributed by atoms with Crippen molar-refractivity contribution in [1.29, 1.82) is 0 Å². The minimum Gasteiger partial charge on any atom is -0.493 e. The maximum atomic E-state index is 16.1. The van der Waals surface area contributed by atoms with Crippen molar-refractivity contribution in [1.82, 2.24) is 39.9 Å². The van der Waals surface area contributed by atoms with Gasteiger partial charge in [0, 0.05) is 61.5 Å². The number of ether oxygens (including phenoxy) is 1. The van der Waals surface area contributed by atoms with Crippen molar-refractivity contribution in [3.63, 3.8) is 0 Å². The van der Waals surface area contributed by atoms with Gasteiger partial charge < -0.3 is 29.6 Å². The van der Waals surface area contributed by atoms with E-state index in [-0.39, 0.29) is 55.9 Å². The molecular weight excluding hydrogens is 1790 g/mol. The molecule has 0 aliphatic carbocycles. The number of hydrogen-bond acceptors (Lipinski definition) is 6. The first-order valence-electron chi connectivity index (χ1n) is 48.8. The summed E-state index contributed by atoms with van der Waals surface area (Å²) >= 11 is 0. The number of aromatic nitrogens is 8. The Hall–Kier alpha value is -13.5. The topological polar surface area (TPSA) is 127 Å². The van der Waals surface area contributed by atoms with Gasteiger partial charge in [-0.1, -0.05) is 186 Å². The van der Waals surface area contributed by atoms with E-state index in [0.29, 0.717) is 243 Å². The highest BCUT2D eigenvalue weighted by Gasteiger charge is 2.42. The summed E-state index contributed by atoms with van der Waals surface area (Å²) in [7, 11) is 0. The van der Waals surface area contributed by atoms with Crippen molar-refractivity contribution in [3.8, 4) is 72.5 Å². The van der Waals surface area contributed by atoms with E-state index in [1.54, 1.807) is 24.3 Å². The number of halogens is 12. The van der Waals surface area contributed by atoms with Gasteiger partial charge in [0.1, 0.15) is 5.75 Å². The largest absolute Gasteiger partial charge is 0.493 e. The molecule has 722 valence electrons. The minimum absolute atomic E-state index is 0.101.